The fourth-order valence-corrected chi connectivity index (χ4v) is 2.50. The van der Waals surface area contributed by atoms with Gasteiger partial charge >= 0.3 is 0 Å². The van der Waals surface area contributed by atoms with Crippen molar-refractivity contribution in [3.63, 3.8) is 0 Å². The highest BCUT2D eigenvalue weighted by molar-refractivity contribution is 5.93. The van der Waals surface area contributed by atoms with Crippen molar-refractivity contribution < 1.29 is 9.53 Å². The van der Waals surface area contributed by atoms with E-state index in [1.165, 1.54) is 0 Å². The number of hydrogen-bond acceptors (Lipinski definition) is 4. The maximum atomic E-state index is 12.1. The molecule has 138 valence electrons. The molecule has 0 fully saturated rings. The highest BCUT2D eigenvalue weighted by Gasteiger charge is 2.04. The summed E-state index contributed by atoms with van der Waals surface area (Å²) in [4.78, 5) is 14.1. The van der Waals surface area contributed by atoms with Gasteiger partial charge in [0.25, 0.3) is 0 Å². The van der Waals surface area contributed by atoms with E-state index in [4.69, 9.17) is 4.74 Å². The second-order valence-electron chi connectivity index (χ2n) is 6.28. The lowest BCUT2D eigenvalue weighted by atomic mass is 10.2. The Morgan fingerprint density at radius 3 is 2.04 bits per heavy atom. The van der Waals surface area contributed by atoms with Gasteiger partial charge in [0.2, 0.25) is 5.91 Å². The van der Waals surface area contributed by atoms with Gasteiger partial charge in [0.1, 0.15) is 11.5 Å². The number of rotatable bonds is 7. The largest absolute Gasteiger partial charge is 0.457 e. The minimum Gasteiger partial charge on any atom is -0.457 e. The summed E-state index contributed by atoms with van der Waals surface area (Å²) >= 11 is 0. The smallest absolute Gasteiger partial charge is 0.243 e. The number of ether oxygens (including phenoxy) is 1. The zero-order valence-electron chi connectivity index (χ0n) is 15.5. The quantitative estimate of drug-likeness (QED) is 0.646. The molecule has 27 heavy (non-hydrogen) atoms. The fourth-order valence-electron chi connectivity index (χ4n) is 2.50. The van der Waals surface area contributed by atoms with Crippen molar-refractivity contribution in [2.24, 2.45) is 0 Å². The van der Waals surface area contributed by atoms with Gasteiger partial charge in [-0.1, -0.05) is 18.2 Å². The SMILES string of the molecule is CN(C)c1ccc(NC(=O)CNc2ccc(Oc3ccccc3)cc2)cc1. The van der Waals surface area contributed by atoms with Crippen LogP contribution in [0.25, 0.3) is 0 Å². The third-order valence-electron chi connectivity index (χ3n) is 3.95. The van der Waals surface area contributed by atoms with E-state index in [1.807, 2.05) is 97.9 Å². The Bertz CT molecular complexity index is 860. The van der Waals surface area contributed by atoms with E-state index in [0.717, 1.165) is 28.6 Å². The minimum atomic E-state index is -0.0998. The van der Waals surface area contributed by atoms with Crippen LogP contribution in [0, 0.1) is 0 Å². The van der Waals surface area contributed by atoms with Gasteiger partial charge in [-0.15, -0.1) is 0 Å². The van der Waals surface area contributed by atoms with Crippen LogP contribution in [0.2, 0.25) is 0 Å². The number of carbonyl (C=O) groups is 1. The maximum absolute atomic E-state index is 12.1. The normalized spacial score (nSPS) is 10.1. The van der Waals surface area contributed by atoms with Gasteiger partial charge in [0.05, 0.1) is 6.54 Å². The van der Waals surface area contributed by atoms with Crippen molar-refractivity contribution in [3.8, 4) is 11.5 Å². The molecule has 0 unspecified atom stereocenters. The van der Waals surface area contributed by atoms with E-state index >= 15 is 0 Å². The van der Waals surface area contributed by atoms with E-state index in [0.29, 0.717) is 0 Å². The molecule has 1 amide bonds. The molecule has 0 aliphatic rings. The van der Waals surface area contributed by atoms with Crippen LogP contribution in [0.4, 0.5) is 17.1 Å². The Labute approximate surface area is 159 Å². The molecule has 0 spiro atoms. The first-order valence-corrected chi connectivity index (χ1v) is 8.74. The Hall–Kier alpha value is -3.47. The molecule has 5 heteroatoms. The molecule has 0 aliphatic carbocycles. The van der Waals surface area contributed by atoms with Crippen LogP contribution in [-0.4, -0.2) is 26.5 Å². The van der Waals surface area contributed by atoms with Gasteiger partial charge in [-0.3, -0.25) is 4.79 Å². The summed E-state index contributed by atoms with van der Waals surface area (Å²) in [5, 5.41) is 5.99. The van der Waals surface area contributed by atoms with E-state index < -0.39 is 0 Å². The first-order valence-electron chi connectivity index (χ1n) is 8.74. The first-order chi connectivity index (χ1) is 13.1. The summed E-state index contributed by atoms with van der Waals surface area (Å²) in [6.07, 6.45) is 0. The van der Waals surface area contributed by atoms with E-state index in [1.54, 1.807) is 0 Å². The summed E-state index contributed by atoms with van der Waals surface area (Å²) in [5.74, 6) is 1.44. The molecule has 3 aromatic carbocycles. The van der Waals surface area contributed by atoms with E-state index in [2.05, 4.69) is 10.6 Å². The third-order valence-corrected chi connectivity index (χ3v) is 3.95. The van der Waals surface area contributed by atoms with Gasteiger partial charge in [-0.25, -0.2) is 0 Å². The standard InChI is InChI=1S/C22H23N3O2/c1-25(2)19-12-8-18(9-13-19)24-22(26)16-23-17-10-14-21(15-11-17)27-20-6-4-3-5-7-20/h3-15,23H,16H2,1-2H3,(H,24,26). The second kappa shape index (κ2) is 8.76. The van der Waals surface area contributed by atoms with Crippen LogP contribution in [0.15, 0.2) is 78.9 Å². The van der Waals surface area contributed by atoms with Gasteiger partial charge in [-0.05, 0) is 60.7 Å². The second-order valence-corrected chi connectivity index (χ2v) is 6.28. The number of nitrogens with one attached hydrogen (secondary N) is 2. The predicted octanol–water partition coefficient (Wildman–Crippen LogP) is 4.60. The lowest BCUT2D eigenvalue weighted by molar-refractivity contribution is -0.114. The Kier molecular flexibility index (Phi) is 5.94. The number of nitrogens with zero attached hydrogens (tertiary/aromatic N) is 1. The number of carbonyl (C=O) groups excluding carboxylic acids is 1. The van der Waals surface area contributed by atoms with Crippen molar-refractivity contribution in [1.29, 1.82) is 0 Å². The Morgan fingerprint density at radius 1 is 0.815 bits per heavy atom. The molecule has 0 radical (unpaired) electrons. The zero-order chi connectivity index (χ0) is 19.1. The average molecular weight is 361 g/mol. The molecule has 3 rings (SSSR count). The molecule has 0 aromatic heterocycles. The van der Waals surface area contributed by atoms with Crippen molar-refractivity contribution in [3.05, 3.63) is 78.9 Å². The Morgan fingerprint density at radius 2 is 1.41 bits per heavy atom. The molecule has 0 saturated carbocycles. The molecular formula is C22H23N3O2. The van der Waals surface area contributed by atoms with Crippen LogP contribution >= 0.6 is 0 Å². The van der Waals surface area contributed by atoms with Crippen LogP contribution in [0.3, 0.4) is 0 Å². The van der Waals surface area contributed by atoms with Crippen LogP contribution in [-0.2, 0) is 4.79 Å². The highest BCUT2D eigenvalue weighted by Crippen LogP contribution is 2.22. The van der Waals surface area contributed by atoms with Gasteiger partial charge in [0.15, 0.2) is 0 Å². The molecule has 0 bridgehead atoms. The van der Waals surface area contributed by atoms with Crippen LogP contribution in [0.5, 0.6) is 11.5 Å². The molecular weight excluding hydrogens is 338 g/mol. The monoisotopic (exact) mass is 361 g/mol. The fraction of sp³-hybridized carbons (Fsp3) is 0.136. The van der Waals surface area contributed by atoms with Crippen molar-refractivity contribution in [1.82, 2.24) is 0 Å². The summed E-state index contributed by atoms with van der Waals surface area (Å²) in [7, 11) is 3.96. The highest BCUT2D eigenvalue weighted by atomic mass is 16.5. The molecule has 0 saturated heterocycles. The molecule has 3 aromatic rings. The first kappa shape index (κ1) is 18.3. The molecule has 0 atom stereocenters. The zero-order valence-corrected chi connectivity index (χ0v) is 15.5. The van der Waals surface area contributed by atoms with Gasteiger partial charge < -0.3 is 20.3 Å². The molecule has 0 heterocycles. The lowest BCUT2D eigenvalue weighted by Crippen LogP contribution is -2.21. The molecule has 0 aliphatic heterocycles. The summed E-state index contributed by atoms with van der Waals surface area (Å²) in [5.41, 5.74) is 2.72. The topological polar surface area (TPSA) is 53.6 Å². The third kappa shape index (κ3) is 5.51. The van der Waals surface area contributed by atoms with Crippen molar-refractivity contribution >= 4 is 23.0 Å². The van der Waals surface area contributed by atoms with Gasteiger partial charge in [-0.2, -0.15) is 0 Å². The maximum Gasteiger partial charge on any atom is 0.243 e. The van der Waals surface area contributed by atoms with E-state index in [9.17, 15) is 4.79 Å². The number of para-hydroxylation sites is 1. The van der Waals surface area contributed by atoms with Crippen LogP contribution < -0.4 is 20.3 Å². The predicted molar refractivity (Wildman–Crippen MR) is 111 cm³/mol. The number of anilines is 3. The number of hydrogen-bond donors (Lipinski definition) is 2. The van der Waals surface area contributed by atoms with Crippen molar-refractivity contribution in [2.45, 2.75) is 0 Å². The van der Waals surface area contributed by atoms with Crippen molar-refractivity contribution in [2.75, 3.05) is 36.2 Å². The number of amides is 1. The summed E-state index contributed by atoms with van der Waals surface area (Å²) in [6, 6.07) is 24.8. The average Bonchev–Trinajstić information content (AvgIpc) is 2.69. The molecule has 5 nitrogen and oxygen atoms in total. The Balaban J connectivity index is 1.48. The van der Waals surface area contributed by atoms with E-state index in [-0.39, 0.29) is 12.5 Å². The number of benzene rings is 3. The van der Waals surface area contributed by atoms with Crippen LogP contribution in [0.1, 0.15) is 0 Å². The molecule has 2 N–H and O–H groups in total. The minimum absolute atomic E-state index is 0.0998. The summed E-state index contributed by atoms with van der Waals surface area (Å²) < 4.78 is 5.75. The summed E-state index contributed by atoms with van der Waals surface area (Å²) in [6.45, 7) is 0.189. The lowest BCUT2D eigenvalue weighted by Gasteiger charge is -2.13. The van der Waals surface area contributed by atoms with Gasteiger partial charge in [0, 0.05) is 31.2 Å².